The first-order chi connectivity index (χ1) is 13.1. The van der Waals surface area contributed by atoms with Gasteiger partial charge < -0.3 is 19.5 Å². The van der Waals surface area contributed by atoms with E-state index in [2.05, 4.69) is 15.9 Å². The molecule has 2 aromatic carbocycles. The molecule has 0 spiro atoms. The van der Waals surface area contributed by atoms with Crippen LogP contribution in [0, 0.1) is 13.8 Å². The average molecular weight is 443 g/mol. The number of benzene rings is 2. The van der Waals surface area contributed by atoms with Crippen LogP contribution in [0.4, 0.5) is 5.69 Å². The zero-order valence-electron chi connectivity index (χ0n) is 17.3. The van der Waals surface area contributed by atoms with Crippen molar-refractivity contribution in [1.29, 1.82) is 0 Å². The normalized spacial score (nSPS) is 15.1. The van der Waals surface area contributed by atoms with Crippen molar-refractivity contribution in [3.63, 3.8) is 0 Å². The lowest BCUT2D eigenvalue weighted by Crippen LogP contribution is -2.49. The summed E-state index contributed by atoms with van der Waals surface area (Å²) in [5, 5.41) is 10.4. The van der Waals surface area contributed by atoms with Gasteiger partial charge in [0.25, 0.3) is 0 Å². The Morgan fingerprint density at radius 1 is 0.931 bits per heavy atom. The Labute approximate surface area is 186 Å². The zero-order valence-corrected chi connectivity index (χ0v) is 19.0. The van der Waals surface area contributed by atoms with Gasteiger partial charge in [-0.3, -0.25) is 4.90 Å². The van der Waals surface area contributed by atoms with Crippen LogP contribution in [0.1, 0.15) is 11.1 Å². The average Bonchev–Trinajstić information content (AvgIpc) is 2.68. The Kier molecular flexibility index (Phi) is 10.6. The highest BCUT2D eigenvalue weighted by Gasteiger charge is 2.21. The minimum Gasteiger partial charge on any atom is -0.495 e. The fourth-order valence-corrected chi connectivity index (χ4v) is 3.62. The second-order valence-corrected chi connectivity index (χ2v) is 7.15. The molecular formula is C22H32Cl2N2O3. The highest BCUT2D eigenvalue weighted by molar-refractivity contribution is 5.85. The Morgan fingerprint density at radius 3 is 2.17 bits per heavy atom. The summed E-state index contributed by atoms with van der Waals surface area (Å²) in [6.45, 7) is 8.69. The maximum Gasteiger partial charge on any atom is 0.142 e. The van der Waals surface area contributed by atoms with E-state index in [1.54, 1.807) is 7.11 Å². The number of para-hydroxylation sites is 3. The van der Waals surface area contributed by atoms with Crippen LogP contribution in [-0.2, 0) is 0 Å². The number of β-amino-alcohol motifs (C(OH)–C–C–N with tert-alkyl or cyclic N) is 1. The Bertz CT molecular complexity index is 732. The van der Waals surface area contributed by atoms with Gasteiger partial charge in [0.05, 0.1) is 12.8 Å². The van der Waals surface area contributed by atoms with E-state index >= 15 is 0 Å². The second-order valence-electron chi connectivity index (χ2n) is 7.15. The van der Waals surface area contributed by atoms with Crippen molar-refractivity contribution < 1.29 is 14.6 Å². The third-order valence-electron chi connectivity index (χ3n) is 5.10. The molecule has 0 amide bonds. The van der Waals surface area contributed by atoms with Gasteiger partial charge in [0.2, 0.25) is 0 Å². The predicted octanol–water partition coefficient (Wildman–Crippen LogP) is 3.72. The number of hydrogen-bond donors (Lipinski definition) is 1. The standard InChI is InChI=1S/C22H30N2O3.2ClH/c1-17-7-6-8-18(2)22(17)27-16-19(25)15-23-11-13-24(14-12-23)20-9-4-5-10-21(20)26-3;;/h4-10,19,25H,11-16H2,1-3H3;2*1H. The first kappa shape index (κ1) is 25.4. The first-order valence-electron chi connectivity index (χ1n) is 9.56. The minimum absolute atomic E-state index is 0. The third-order valence-corrected chi connectivity index (χ3v) is 5.10. The summed E-state index contributed by atoms with van der Waals surface area (Å²) in [5.41, 5.74) is 3.35. The lowest BCUT2D eigenvalue weighted by Gasteiger charge is -2.37. The molecular weight excluding hydrogens is 411 g/mol. The monoisotopic (exact) mass is 442 g/mol. The van der Waals surface area contributed by atoms with E-state index in [4.69, 9.17) is 9.47 Å². The van der Waals surface area contributed by atoms with Gasteiger partial charge >= 0.3 is 0 Å². The molecule has 162 valence electrons. The summed E-state index contributed by atoms with van der Waals surface area (Å²) in [5.74, 6) is 1.80. The molecule has 0 aliphatic carbocycles. The molecule has 0 radical (unpaired) electrons. The number of ether oxygens (including phenoxy) is 2. The summed E-state index contributed by atoms with van der Waals surface area (Å²) in [4.78, 5) is 4.64. The zero-order chi connectivity index (χ0) is 19.2. The smallest absolute Gasteiger partial charge is 0.142 e. The lowest BCUT2D eigenvalue weighted by atomic mass is 10.1. The summed E-state index contributed by atoms with van der Waals surface area (Å²) in [7, 11) is 1.71. The van der Waals surface area contributed by atoms with Crippen molar-refractivity contribution in [1.82, 2.24) is 4.90 Å². The van der Waals surface area contributed by atoms with E-state index in [9.17, 15) is 5.11 Å². The van der Waals surface area contributed by atoms with E-state index in [1.807, 2.05) is 50.2 Å². The summed E-state index contributed by atoms with van der Waals surface area (Å²) in [6.07, 6.45) is -0.498. The minimum atomic E-state index is -0.498. The Hall–Kier alpha value is -1.66. The molecule has 1 atom stereocenters. The summed E-state index contributed by atoms with van der Waals surface area (Å²) in [6, 6.07) is 14.2. The number of methoxy groups -OCH3 is 1. The molecule has 3 rings (SSSR count). The summed E-state index contributed by atoms with van der Waals surface area (Å²) < 4.78 is 11.4. The largest absolute Gasteiger partial charge is 0.495 e. The van der Waals surface area contributed by atoms with Gasteiger partial charge in [-0.1, -0.05) is 30.3 Å². The molecule has 0 saturated carbocycles. The maximum absolute atomic E-state index is 10.4. The first-order valence-corrected chi connectivity index (χ1v) is 9.56. The molecule has 29 heavy (non-hydrogen) atoms. The van der Waals surface area contributed by atoms with Gasteiger partial charge in [0.1, 0.15) is 24.2 Å². The molecule has 5 nitrogen and oxygen atoms in total. The fourth-order valence-electron chi connectivity index (χ4n) is 3.62. The van der Waals surface area contributed by atoms with Crippen molar-refractivity contribution >= 4 is 30.5 Å². The molecule has 1 saturated heterocycles. The topological polar surface area (TPSA) is 45.2 Å². The number of anilines is 1. The molecule has 0 bridgehead atoms. The van der Waals surface area contributed by atoms with E-state index < -0.39 is 6.10 Å². The number of rotatable bonds is 7. The van der Waals surface area contributed by atoms with Crippen LogP contribution < -0.4 is 14.4 Å². The van der Waals surface area contributed by atoms with Gasteiger partial charge in [-0.2, -0.15) is 0 Å². The quantitative estimate of drug-likeness (QED) is 0.707. The number of piperazine rings is 1. The van der Waals surface area contributed by atoms with Crippen molar-refractivity contribution in [2.45, 2.75) is 20.0 Å². The maximum atomic E-state index is 10.4. The van der Waals surface area contributed by atoms with Crippen LogP contribution >= 0.6 is 24.8 Å². The number of aliphatic hydroxyl groups is 1. The predicted molar refractivity (Wildman–Crippen MR) is 124 cm³/mol. The molecule has 2 aromatic rings. The highest BCUT2D eigenvalue weighted by Crippen LogP contribution is 2.28. The summed E-state index contributed by atoms with van der Waals surface area (Å²) >= 11 is 0. The Morgan fingerprint density at radius 2 is 1.55 bits per heavy atom. The number of aryl methyl sites for hydroxylation is 2. The number of aliphatic hydroxyl groups excluding tert-OH is 1. The molecule has 1 N–H and O–H groups in total. The molecule has 0 aromatic heterocycles. The van der Waals surface area contributed by atoms with Crippen molar-refractivity contribution in [2.75, 3.05) is 51.3 Å². The van der Waals surface area contributed by atoms with E-state index in [-0.39, 0.29) is 24.8 Å². The second kappa shape index (κ2) is 12.1. The molecule has 1 unspecified atom stereocenters. The number of hydrogen-bond acceptors (Lipinski definition) is 5. The molecule has 7 heteroatoms. The van der Waals surface area contributed by atoms with Gasteiger partial charge in [-0.05, 0) is 37.1 Å². The lowest BCUT2D eigenvalue weighted by molar-refractivity contribution is 0.0658. The molecule has 1 fully saturated rings. The third kappa shape index (κ3) is 6.68. The fraction of sp³-hybridized carbons (Fsp3) is 0.455. The molecule has 1 aliphatic heterocycles. The SMILES string of the molecule is COc1ccccc1N1CCN(CC(O)COc2c(C)cccc2C)CC1.Cl.Cl. The van der Waals surface area contributed by atoms with Crippen molar-refractivity contribution in [3.8, 4) is 11.5 Å². The molecule has 1 heterocycles. The van der Waals surface area contributed by atoms with E-state index in [0.717, 1.165) is 54.5 Å². The van der Waals surface area contributed by atoms with Crippen LogP contribution in [0.5, 0.6) is 11.5 Å². The van der Waals surface area contributed by atoms with Gasteiger partial charge in [0.15, 0.2) is 0 Å². The van der Waals surface area contributed by atoms with Crippen molar-refractivity contribution in [2.24, 2.45) is 0 Å². The number of halogens is 2. The van der Waals surface area contributed by atoms with Crippen LogP contribution in [0.15, 0.2) is 42.5 Å². The van der Waals surface area contributed by atoms with Crippen LogP contribution in [0.25, 0.3) is 0 Å². The Balaban J connectivity index is 0.00000210. The van der Waals surface area contributed by atoms with Gasteiger partial charge in [-0.15, -0.1) is 24.8 Å². The number of nitrogens with zero attached hydrogens (tertiary/aromatic N) is 2. The van der Waals surface area contributed by atoms with E-state index in [0.29, 0.717) is 13.2 Å². The molecule has 1 aliphatic rings. The van der Waals surface area contributed by atoms with Crippen LogP contribution in [0.2, 0.25) is 0 Å². The van der Waals surface area contributed by atoms with E-state index in [1.165, 1.54) is 0 Å². The van der Waals surface area contributed by atoms with Crippen LogP contribution in [-0.4, -0.2) is 62.6 Å². The van der Waals surface area contributed by atoms with Gasteiger partial charge in [0, 0.05) is 32.7 Å². The van der Waals surface area contributed by atoms with Crippen molar-refractivity contribution in [3.05, 3.63) is 53.6 Å². The van der Waals surface area contributed by atoms with Gasteiger partial charge in [-0.25, -0.2) is 0 Å². The highest BCUT2D eigenvalue weighted by atomic mass is 35.5. The van der Waals surface area contributed by atoms with Crippen LogP contribution in [0.3, 0.4) is 0 Å².